The summed E-state index contributed by atoms with van der Waals surface area (Å²) < 4.78 is 29.4. The maximum Gasteiger partial charge on any atom is 0.287 e. The molecule has 1 aromatic rings. The van der Waals surface area contributed by atoms with Gasteiger partial charge in [-0.2, -0.15) is 8.42 Å². The highest BCUT2D eigenvalue weighted by atomic mass is 35.5. The van der Waals surface area contributed by atoms with Crippen molar-refractivity contribution in [1.29, 1.82) is 0 Å². The fourth-order valence-corrected chi connectivity index (χ4v) is 1.94. The van der Waals surface area contributed by atoms with Gasteiger partial charge in [-0.3, -0.25) is 4.55 Å². The quantitative estimate of drug-likeness (QED) is 0.784. The Bertz CT molecular complexity index is 391. The third kappa shape index (κ3) is 3.36. The van der Waals surface area contributed by atoms with Crippen LogP contribution in [0.25, 0.3) is 6.08 Å². The number of hydrogen-bond donors (Lipinski definition) is 1. The molecule has 0 aliphatic heterocycles. The average molecular weight is 225 g/mol. The second-order valence-electron chi connectivity index (χ2n) is 1.96. The number of hydrogen-bond acceptors (Lipinski definition) is 3. The second kappa shape index (κ2) is 3.57. The predicted molar refractivity (Wildman–Crippen MR) is 49.9 cm³/mol. The van der Waals surface area contributed by atoms with Crippen molar-refractivity contribution in [1.82, 2.24) is 0 Å². The van der Waals surface area contributed by atoms with Gasteiger partial charge in [-0.25, -0.2) is 0 Å². The number of rotatable bonds is 2. The molecule has 0 amide bonds. The molecule has 6 heteroatoms. The molecule has 0 atom stereocenters. The molecular weight excluding hydrogens is 220 g/mol. The lowest BCUT2D eigenvalue weighted by atomic mass is 10.5. The summed E-state index contributed by atoms with van der Waals surface area (Å²) in [5.74, 6) is 0. The summed E-state index contributed by atoms with van der Waals surface area (Å²) >= 11 is 6.81. The van der Waals surface area contributed by atoms with Crippen LogP contribution in [0.1, 0.15) is 4.88 Å². The van der Waals surface area contributed by atoms with Gasteiger partial charge in [0.15, 0.2) is 0 Å². The molecule has 0 fully saturated rings. The van der Waals surface area contributed by atoms with Gasteiger partial charge < -0.3 is 0 Å². The monoisotopic (exact) mass is 224 g/mol. The van der Waals surface area contributed by atoms with E-state index in [1.54, 1.807) is 12.1 Å². The van der Waals surface area contributed by atoms with Crippen molar-refractivity contribution in [2.75, 3.05) is 0 Å². The van der Waals surface area contributed by atoms with Gasteiger partial charge in [0.1, 0.15) is 0 Å². The van der Waals surface area contributed by atoms with Crippen LogP contribution in [0.4, 0.5) is 0 Å². The summed E-state index contributed by atoms with van der Waals surface area (Å²) in [4.78, 5) is 0.678. The lowest BCUT2D eigenvalue weighted by molar-refractivity contribution is 0.494. The lowest BCUT2D eigenvalue weighted by Crippen LogP contribution is -1.88. The fraction of sp³-hybridized carbons (Fsp3) is 0. The highest BCUT2D eigenvalue weighted by Crippen LogP contribution is 2.22. The molecule has 3 nitrogen and oxygen atoms in total. The standard InChI is InChI=1S/C6H5ClO3S2/c7-6-2-1-5(11-6)3-4-12(8,9)10/h1-4H,(H,8,9,10)/b4-3+. The Hall–Kier alpha value is -0.360. The van der Waals surface area contributed by atoms with E-state index in [0.717, 1.165) is 5.41 Å². The van der Waals surface area contributed by atoms with Crippen LogP contribution in [0, 0.1) is 0 Å². The first kappa shape index (κ1) is 9.73. The average Bonchev–Trinajstić information content (AvgIpc) is 2.30. The van der Waals surface area contributed by atoms with E-state index in [2.05, 4.69) is 0 Å². The summed E-state index contributed by atoms with van der Waals surface area (Å²) in [6.45, 7) is 0. The Labute approximate surface area is 79.0 Å². The van der Waals surface area contributed by atoms with E-state index in [4.69, 9.17) is 16.2 Å². The van der Waals surface area contributed by atoms with Gasteiger partial charge in [0.05, 0.1) is 9.74 Å². The first-order valence-corrected chi connectivity index (χ1v) is 5.58. The molecule has 1 rings (SSSR count). The zero-order valence-corrected chi connectivity index (χ0v) is 8.16. The minimum atomic E-state index is -4.03. The van der Waals surface area contributed by atoms with Crippen molar-refractivity contribution < 1.29 is 13.0 Å². The highest BCUT2D eigenvalue weighted by Gasteiger charge is 1.97. The summed E-state index contributed by atoms with van der Waals surface area (Å²) in [5, 5.41) is 0.717. The van der Waals surface area contributed by atoms with Crippen LogP contribution in [0.2, 0.25) is 4.34 Å². The van der Waals surface area contributed by atoms with E-state index in [0.29, 0.717) is 9.21 Å². The predicted octanol–water partition coefficient (Wildman–Crippen LogP) is 2.26. The maximum atomic E-state index is 10.3. The molecule has 0 radical (unpaired) electrons. The summed E-state index contributed by atoms with van der Waals surface area (Å²) in [6, 6.07) is 3.31. The van der Waals surface area contributed by atoms with Gasteiger partial charge in [0.2, 0.25) is 0 Å². The molecule has 0 aromatic carbocycles. The molecule has 12 heavy (non-hydrogen) atoms. The van der Waals surface area contributed by atoms with Crippen molar-refractivity contribution in [2.24, 2.45) is 0 Å². The van der Waals surface area contributed by atoms with Gasteiger partial charge in [-0.15, -0.1) is 11.3 Å². The Morgan fingerprint density at radius 2 is 2.17 bits per heavy atom. The van der Waals surface area contributed by atoms with E-state index in [9.17, 15) is 8.42 Å². The fourth-order valence-electron chi connectivity index (χ4n) is 0.571. The largest absolute Gasteiger partial charge is 0.287 e. The Kier molecular flexibility index (Phi) is 2.89. The third-order valence-electron chi connectivity index (χ3n) is 0.998. The molecule has 66 valence electrons. The van der Waals surface area contributed by atoms with Crippen molar-refractivity contribution in [2.45, 2.75) is 0 Å². The summed E-state index contributed by atoms with van der Waals surface area (Å²) in [5.41, 5.74) is 0. The molecule has 1 N–H and O–H groups in total. The first-order valence-electron chi connectivity index (χ1n) is 2.88. The van der Waals surface area contributed by atoms with Crippen LogP contribution in [0.5, 0.6) is 0 Å². The van der Waals surface area contributed by atoms with Crippen molar-refractivity contribution in [3.63, 3.8) is 0 Å². The molecule has 0 saturated carbocycles. The van der Waals surface area contributed by atoms with Crippen molar-refractivity contribution >= 4 is 39.1 Å². The van der Waals surface area contributed by atoms with E-state index in [-0.39, 0.29) is 0 Å². The molecule has 1 heterocycles. The SMILES string of the molecule is O=S(=O)(O)/C=C/c1ccc(Cl)s1. The van der Waals surface area contributed by atoms with Crippen LogP contribution in [0.3, 0.4) is 0 Å². The van der Waals surface area contributed by atoms with Gasteiger partial charge in [0, 0.05) is 4.88 Å². The summed E-state index contributed by atoms with van der Waals surface area (Å²) in [7, 11) is -4.03. The van der Waals surface area contributed by atoms with Crippen molar-refractivity contribution in [3.05, 3.63) is 26.8 Å². The highest BCUT2D eigenvalue weighted by molar-refractivity contribution is 7.88. The summed E-state index contributed by atoms with van der Waals surface area (Å²) in [6.07, 6.45) is 1.28. The normalized spacial score (nSPS) is 12.5. The minimum absolute atomic E-state index is 0.574. The van der Waals surface area contributed by atoms with E-state index in [1.165, 1.54) is 17.4 Å². The third-order valence-corrected chi connectivity index (χ3v) is 2.67. The van der Waals surface area contributed by atoms with E-state index >= 15 is 0 Å². The molecule has 0 spiro atoms. The van der Waals surface area contributed by atoms with Crippen LogP contribution in [-0.4, -0.2) is 13.0 Å². The zero-order chi connectivity index (χ0) is 9.19. The Morgan fingerprint density at radius 1 is 1.50 bits per heavy atom. The minimum Gasteiger partial charge on any atom is -0.282 e. The number of thiophene rings is 1. The molecule has 1 aromatic heterocycles. The zero-order valence-electron chi connectivity index (χ0n) is 5.77. The van der Waals surface area contributed by atoms with E-state index in [1.807, 2.05) is 0 Å². The second-order valence-corrected chi connectivity index (χ2v) is 5.01. The van der Waals surface area contributed by atoms with Crippen LogP contribution < -0.4 is 0 Å². The molecule has 0 aliphatic carbocycles. The molecule has 0 unspecified atom stereocenters. The molecule has 0 bridgehead atoms. The molecule has 0 saturated heterocycles. The van der Waals surface area contributed by atoms with Crippen LogP contribution in [0.15, 0.2) is 17.5 Å². The van der Waals surface area contributed by atoms with E-state index < -0.39 is 10.1 Å². The van der Waals surface area contributed by atoms with Gasteiger partial charge >= 0.3 is 0 Å². The Morgan fingerprint density at radius 3 is 2.58 bits per heavy atom. The molecular formula is C6H5ClO3S2. The van der Waals surface area contributed by atoms with Crippen molar-refractivity contribution in [3.8, 4) is 0 Å². The van der Waals surface area contributed by atoms with Gasteiger partial charge in [-0.05, 0) is 18.2 Å². The topological polar surface area (TPSA) is 54.4 Å². The van der Waals surface area contributed by atoms with Crippen LogP contribution in [-0.2, 0) is 10.1 Å². The maximum absolute atomic E-state index is 10.3. The Balaban J connectivity index is 2.84. The first-order chi connectivity index (χ1) is 5.47. The molecule has 0 aliphatic rings. The van der Waals surface area contributed by atoms with Gasteiger partial charge in [-0.1, -0.05) is 11.6 Å². The van der Waals surface area contributed by atoms with Gasteiger partial charge in [0.25, 0.3) is 10.1 Å². The number of halogens is 1. The smallest absolute Gasteiger partial charge is 0.282 e. The van der Waals surface area contributed by atoms with Crippen LogP contribution >= 0.6 is 22.9 Å². The lowest BCUT2D eigenvalue weighted by Gasteiger charge is -1.82.